The van der Waals surface area contributed by atoms with Gasteiger partial charge in [-0.15, -0.1) is 0 Å². The minimum Gasteiger partial charge on any atom is -0.481 e. The molecule has 114 valence electrons. The van der Waals surface area contributed by atoms with Gasteiger partial charge in [-0.3, -0.25) is 9.59 Å². The lowest BCUT2D eigenvalue weighted by Crippen LogP contribution is -2.45. The van der Waals surface area contributed by atoms with Crippen LogP contribution in [0.2, 0.25) is 0 Å². The SMILES string of the molecule is O=C(O)CC1(CNC(=O)C2CCC(F)(F)CC2)CCC1. The highest BCUT2D eigenvalue weighted by molar-refractivity contribution is 5.79. The van der Waals surface area contributed by atoms with Crippen LogP contribution >= 0.6 is 0 Å². The number of hydrogen-bond acceptors (Lipinski definition) is 2. The number of rotatable bonds is 5. The molecular weight excluding hydrogens is 268 g/mol. The summed E-state index contributed by atoms with van der Waals surface area (Å²) in [4.78, 5) is 22.8. The van der Waals surface area contributed by atoms with Crippen LogP contribution in [-0.2, 0) is 9.59 Å². The van der Waals surface area contributed by atoms with Gasteiger partial charge in [0.05, 0.1) is 6.42 Å². The van der Waals surface area contributed by atoms with Gasteiger partial charge < -0.3 is 10.4 Å². The molecule has 0 aromatic heterocycles. The molecule has 2 aliphatic rings. The molecule has 0 aliphatic heterocycles. The molecule has 0 aromatic rings. The molecular formula is C14H21F2NO3. The fourth-order valence-corrected chi connectivity index (χ4v) is 3.13. The zero-order chi connectivity index (χ0) is 14.8. The molecule has 0 atom stereocenters. The van der Waals surface area contributed by atoms with E-state index in [0.29, 0.717) is 6.54 Å². The number of carboxylic acids is 1. The average Bonchev–Trinajstić information content (AvgIpc) is 2.31. The third kappa shape index (κ3) is 3.67. The van der Waals surface area contributed by atoms with Crippen LogP contribution in [-0.4, -0.2) is 29.5 Å². The Balaban J connectivity index is 1.79. The summed E-state index contributed by atoms with van der Waals surface area (Å²) in [6.45, 7) is 0.352. The van der Waals surface area contributed by atoms with Crippen molar-refractivity contribution in [3.63, 3.8) is 0 Å². The van der Waals surface area contributed by atoms with Crippen LogP contribution < -0.4 is 5.32 Å². The largest absolute Gasteiger partial charge is 0.481 e. The molecule has 2 N–H and O–H groups in total. The number of nitrogens with one attached hydrogen (secondary N) is 1. The van der Waals surface area contributed by atoms with E-state index in [9.17, 15) is 18.4 Å². The monoisotopic (exact) mass is 289 g/mol. The van der Waals surface area contributed by atoms with Crippen molar-refractivity contribution in [2.24, 2.45) is 11.3 Å². The first-order valence-corrected chi connectivity index (χ1v) is 7.19. The average molecular weight is 289 g/mol. The summed E-state index contributed by atoms with van der Waals surface area (Å²) in [5, 5.41) is 11.7. The molecule has 0 bridgehead atoms. The molecule has 0 heterocycles. The number of carbonyl (C=O) groups excluding carboxylic acids is 1. The number of hydrogen-bond donors (Lipinski definition) is 2. The fraction of sp³-hybridized carbons (Fsp3) is 0.857. The van der Waals surface area contributed by atoms with Gasteiger partial charge in [0.2, 0.25) is 11.8 Å². The van der Waals surface area contributed by atoms with E-state index < -0.39 is 11.9 Å². The van der Waals surface area contributed by atoms with E-state index in [1.54, 1.807) is 0 Å². The molecule has 0 unspecified atom stereocenters. The molecule has 0 radical (unpaired) electrons. The lowest BCUT2D eigenvalue weighted by atomic mass is 9.66. The number of carbonyl (C=O) groups is 2. The zero-order valence-electron chi connectivity index (χ0n) is 11.5. The Morgan fingerprint density at radius 1 is 1.15 bits per heavy atom. The van der Waals surface area contributed by atoms with Crippen LogP contribution in [0.4, 0.5) is 8.78 Å². The van der Waals surface area contributed by atoms with E-state index in [1.807, 2.05) is 0 Å². The maximum Gasteiger partial charge on any atom is 0.303 e. The molecule has 4 nitrogen and oxygen atoms in total. The summed E-state index contributed by atoms with van der Waals surface area (Å²) in [5.41, 5.74) is -0.319. The number of amides is 1. The van der Waals surface area contributed by atoms with E-state index in [4.69, 9.17) is 5.11 Å². The second-order valence-electron chi connectivity index (χ2n) is 6.27. The summed E-state index contributed by atoms with van der Waals surface area (Å²) in [5.74, 6) is -4.03. The lowest BCUT2D eigenvalue weighted by Gasteiger charge is -2.41. The van der Waals surface area contributed by atoms with Crippen molar-refractivity contribution in [1.82, 2.24) is 5.32 Å². The van der Waals surface area contributed by atoms with Crippen molar-refractivity contribution in [3.05, 3.63) is 0 Å². The molecule has 0 spiro atoms. The quantitative estimate of drug-likeness (QED) is 0.817. The van der Waals surface area contributed by atoms with E-state index in [-0.39, 0.29) is 49.3 Å². The van der Waals surface area contributed by atoms with E-state index in [2.05, 4.69) is 5.32 Å². The molecule has 2 rings (SSSR count). The number of alkyl halides is 2. The first-order chi connectivity index (χ1) is 9.32. The van der Waals surface area contributed by atoms with Crippen LogP contribution in [0.3, 0.4) is 0 Å². The van der Waals surface area contributed by atoms with Crippen molar-refractivity contribution >= 4 is 11.9 Å². The van der Waals surface area contributed by atoms with Gasteiger partial charge in [0, 0.05) is 25.3 Å². The first kappa shape index (κ1) is 15.2. The Morgan fingerprint density at radius 3 is 2.20 bits per heavy atom. The summed E-state index contributed by atoms with van der Waals surface area (Å²) in [6.07, 6.45) is 2.63. The number of halogens is 2. The van der Waals surface area contributed by atoms with Gasteiger partial charge in [-0.25, -0.2) is 8.78 Å². The maximum absolute atomic E-state index is 13.0. The van der Waals surface area contributed by atoms with Gasteiger partial charge in [0.25, 0.3) is 0 Å². The predicted octanol–water partition coefficient (Wildman–Crippen LogP) is 2.57. The smallest absolute Gasteiger partial charge is 0.303 e. The molecule has 0 aromatic carbocycles. The Kier molecular flexibility index (Phi) is 4.30. The van der Waals surface area contributed by atoms with Gasteiger partial charge in [0.1, 0.15) is 0 Å². The lowest BCUT2D eigenvalue weighted by molar-refractivity contribution is -0.142. The van der Waals surface area contributed by atoms with Gasteiger partial charge in [-0.05, 0) is 31.1 Å². The van der Waals surface area contributed by atoms with Crippen molar-refractivity contribution in [2.45, 2.75) is 57.3 Å². The zero-order valence-corrected chi connectivity index (χ0v) is 11.5. The van der Waals surface area contributed by atoms with Crippen LogP contribution in [0.1, 0.15) is 51.4 Å². The highest BCUT2D eigenvalue weighted by Gasteiger charge is 2.41. The Morgan fingerprint density at radius 2 is 1.75 bits per heavy atom. The minimum absolute atomic E-state index is 0.0655. The topological polar surface area (TPSA) is 66.4 Å². The van der Waals surface area contributed by atoms with Crippen molar-refractivity contribution in [3.8, 4) is 0 Å². The molecule has 2 saturated carbocycles. The van der Waals surface area contributed by atoms with E-state index in [1.165, 1.54) is 0 Å². The minimum atomic E-state index is -2.63. The molecule has 20 heavy (non-hydrogen) atoms. The van der Waals surface area contributed by atoms with Crippen LogP contribution in [0.25, 0.3) is 0 Å². The summed E-state index contributed by atoms with van der Waals surface area (Å²) in [6, 6.07) is 0. The third-order valence-electron chi connectivity index (χ3n) is 4.67. The van der Waals surface area contributed by atoms with Crippen molar-refractivity contribution in [2.75, 3.05) is 6.54 Å². The standard InChI is InChI=1S/C14H21F2NO3/c15-14(16)6-2-10(3-7-14)12(20)17-9-13(4-1-5-13)8-11(18)19/h10H,1-9H2,(H,17,20)(H,18,19). The molecule has 2 aliphatic carbocycles. The normalized spacial score (nSPS) is 24.7. The predicted molar refractivity (Wildman–Crippen MR) is 68.5 cm³/mol. The number of carboxylic acid groups (broad SMARTS) is 1. The van der Waals surface area contributed by atoms with Gasteiger partial charge >= 0.3 is 5.97 Å². The summed E-state index contributed by atoms with van der Waals surface area (Å²) >= 11 is 0. The molecule has 0 saturated heterocycles. The van der Waals surface area contributed by atoms with Crippen molar-refractivity contribution in [1.29, 1.82) is 0 Å². The number of aliphatic carboxylic acids is 1. The first-order valence-electron chi connectivity index (χ1n) is 7.19. The highest BCUT2D eigenvalue weighted by Crippen LogP contribution is 2.43. The van der Waals surface area contributed by atoms with Crippen LogP contribution in [0, 0.1) is 11.3 Å². The van der Waals surface area contributed by atoms with Gasteiger partial charge in [0.15, 0.2) is 0 Å². The Labute approximate surface area is 116 Å². The summed E-state index contributed by atoms with van der Waals surface area (Å²) in [7, 11) is 0. The molecule has 6 heteroatoms. The fourth-order valence-electron chi connectivity index (χ4n) is 3.13. The molecule has 1 amide bonds. The second kappa shape index (κ2) is 5.66. The van der Waals surface area contributed by atoms with Crippen molar-refractivity contribution < 1.29 is 23.5 Å². The van der Waals surface area contributed by atoms with E-state index >= 15 is 0 Å². The van der Waals surface area contributed by atoms with Gasteiger partial charge in [-0.2, -0.15) is 0 Å². The Bertz CT molecular complexity index is 384. The second-order valence-corrected chi connectivity index (χ2v) is 6.27. The van der Waals surface area contributed by atoms with Crippen LogP contribution in [0.15, 0.2) is 0 Å². The third-order valence-corrected chi connectivity index (χ3v) is 4.67. The van der Waals surface area contributed by atoms with Gasteiger partial charge in [-0.1, -0.05) is 6.42 Å². The maximum atomic E-state index is 13.0. The molecule has 2 fully saturated rings. The van der Waals surface area contributed by atoms with E-state index in [0.717, 1.165) is 19.3 Å². The highest BCUT2D eigenvalue weighted by atomic mass is 19.3. The van der Waals surface area contributed by atoms with Crippen LogP contribution in [0.5, 0.6) is 0 Å². The Hall–Kier alpha value is -1.20. The summed E-state index contributed by atoms with van der Waals surface area (Å²) < 4.78 is 26.1.